The minimum Gasteiger partial charge on any atom is -0.481 e. The van der Waals surface area contributed by atoms with Crippen LogP contribution in [0.4, 0.5) is 11.4 Å². The number of nitrogens with zero attached hydrogens (tertiary/aromatic N) is 2. The van der Waals surface area contributed by atoms with Crippen LogP contribution in [0, 0.1) is 0 Å². The van der Waals surface area contributed by atoms with Gasteiger partial charge in [-0.2, -0.15) is 0 Å². The number of ether oxygens (including phenoxy) is 2. The summed E-state index contributed by atoms with van der Waals surface area (Å²) >= 11 is 0. The van der Waals surface area contributed by atoms with E-state index < -0.39 is 60.4 Å². The second kappa shape index (κ2) is 11.6. The number of ketones is 1. The Bertz CT molecular complexity index is 1410. The summed E-state index contributed by atoms with van der Waals surface area (Å²) < 4.78 is 10.4. The van der Waals surface area contributed by atoms with Gasteiger partial charge >= 0.3 is 5.97 Å². The maximum atomic E-state index is 13.7. The van der Waals surface area contributed by atoms with Crippen molar-refractivity contribution in [3.05, 3.63) is 48.0 Å². The third kappa shape index (κ3) is 5.90. The van der Waals surface area contributed by atoms with Gasteiger partial charge in [-0.25, -0.2) is 0 Å². The van der Waals surface area contributed by atoms with Crippen molar-refractivity contribution < 1.29 is 48.1 Å². The highest BCUT2D eigenvalue weighted by Gasteiger charge is 2.38. The van der Waals surface area contributed by atoms with Crippen LogP contribution in [0.3, 0.4) is 0 Å². The SMILES string of the molecule is CC(=O)N1CC(NC(=O)C(=O)c2ccc3c(c2)OCO3)C(=O)N(CC(=O)NC(C=O)CC(=O)O)c2ccccc21. The van der Waals surface area contributed by atoms with Gasteiger partial charge < -0.3 is 34.9 Å². The van der Waals surface area contributed by atoms with Gasteiger partial charge in [0.05, 0.1) is 30.4 Å². The number of para-hydroxylation sites is 2. The lowest BCUT2D eigenvalue weighted by Crippen LogP contribution is -2.55. The molecule has 0 spiro atoms. The lowest BCUT2D eigenvalue weighted by atomic mass is 10.1. The van der Waals surface area contributed by atoms with Crippen molar-refractivity contribution in [2.75, 3.05) is 29.7 Å². The van der Waals surface area contributed by atoms with Crippen LogP contribution >= 0.6 is 0 Å². The molecule has 2 aliphatic rings. The number of aldehydes is 1. The Morgan fingerprint density at radius 1 is 1.07 bits per heavy atom. The molecule has 2 aliphatic heterocycles. The summed E-state index contributed by atoms with van der Waals surface area (Å²) in [4.78, 5) is 89.2. The molecule has 2 aromatic rings. The largest absolute Gasteiger partial charge is 0.481 e. The van der Waals surface area contributed by atoms with E-state index in [-0.39, 0.29) is 42.3 Å². The summed E-state index contributed by atoms with van der Waals surface area (Å²) in [5, 5.41) is 13.5. The summed E-state index contributed by atoms with van der Waals surface area (Å²) in [6.07, 6.45) is -0.412. The molecule has 2 heterocycles. The Morgan fingerprint density at radius 2 is 1.77 bits per heavy atom. The number of anilines is 2. The van der Waals surface area contributed by atoms with Gasteiger partial charge in [-0.05, 0) is 30.3 Å². The van der Waals surface area contributed by atoms with Crippen molar-refractivity contribution in [1.29, 1.82) is 0 Å². The summed E-state index contributed by atoms with van der Waals surface area (Å²) in [5.74, 6) is -4.92. The van der Waals surface area contributed by atoms with Gasteiger partial charge in [-0.15, -0.1) is 0 Å². The quantitative estimate of drug-likeness (QED) is 0.210. The maximum Gasteiger partial charge on any atom is 0.305 e. The second-order valence-corrected chi connectivity index (χ2v) is 8.87. The molecule has 40 heavy (non-hydrogen) atoms. The molecule has 14 heteroatoms. The van der Waals surface area contributed by atoms with Crippen LogP contribution in [0.1, 0.15) is 23.7 Å². The number of aliphatic carboxylic acids is 1. The molecule has 2 unspecified atom stereocenters. The van der Waals surface area contributed by atoms with Gasteiger partial charge in [0, 0.05) is 12.5 Å². The molecule has 0 aromatic heterocycles. The van der Waals surface area contributed by atoms with Crippen molar-refractivity contribution in [2.45, 2.75) is 25.4 Å². The van der Waals surface area contributed by atoms with Crippen LogP contribution in [0.25, 0.3) is 0 Å². The molecule has 3 N–H and O–H groups in total. The summed E-state index contributed by atoms with van der Waals surface area (Å²) in [7, 11) is 0. The number of fused-ring (bicyclic) bond motifs is 2. The predicted octanol–water partition coefficient (Wildman–Crippen LogP) is -0.359. The molecule has 14 nitrogen and oxygen atoms in total. The van der Waals surface area contributed by atoms with Crippen LogP contribution in [0.15, 0.2) is 42.5 Å². The number of amides is 4. The number of benzene rings is 2. The third-order valence-corrected chi connectivity index (χ3v) is 6.13. The van der Waals surface area contributed by atoms with E-state index in [1.165, 1.54) is 42.2 Å². The molecule has 0 bridgehead atoms. The molecular weight excluding hydrogens is 528 g/mol. The zero-order chi connectivity index (χ0) is 29.0. The number of carboxylic acids is 1. The number of carbonyl (C=O) groups is 7. The van der Waals surface area contributed by atoms with Gasteiger partial charge in [-0.3, -0.25) is 33.7 Å². The standard InChI is InChI=1S/C26H24N4O10/c1-14(32)29-10-17(28-25(37)24(36)15-6-7-20-21(8-15)40-13-39-20)26(38)30(19-5-3-2-4-18(19)29)11-22(33)27-16(12-31)9-23(34)35/h2-8,12,16-17H,9-11,13H2,1H3,(H,27,33)(H,28,37)(H,34,35). The number of hydrogen-bond donors (Lipinski definition) is 3. The van der Waals surface area contributed by atoms with Crippen LogP contribution < -0.4 is 29.9 Å². The Balaban J connectivity index is 1.60. The molecule has 4 rings (SSSR count). The van der Waals surface area contributed by atoms with Gasteiger partial charge in [0.25, 0.3) is 11.8 Å². The van der Waals surface area contributed by atoms with Crippen molar-refractivity contribution in [3.63, 3.8) is 0 Å². The van der Waals surface area contributed by atoms with Gasteiger partial charge in [0.1, 0.15) is 18.9 Å². The molecule has 4 amide bonds. The molecule has 0 fully saturated rings. The molecule has 2 aromatic carbocycles. The Hall–Kier alpha value is -5.27. The second-order valence-electron chi connectivity index (χ2n) is 8.87. The minimum absolute atomic E-state index is 0.0240. The number of carbonyl (C=O) groups excluding carboxylic acids is 6. The van der Waals surface area contributed by atoms with Gasteiger partial charge in [0.2, 0.25) is 24.4 Å². The van der Waals surface area contributed by atoms with Crippen LogP contribution in [0.2, 0.25) is 0 Å². The molecular formula is C26H24N4O10. The average Bonchev–Trinajstić information content (AvgIpc) is 3.36. The normalized spacial score (nSPS) is 16.3. The molecule has 0 aliphatic carbocycles. The first kappa shape index (κ1) is 27.8. The van der Waals surface area contributed by atoms with E-state index in [9.17, 15) is 33.6 Å². The summed E-state index contributed by atoms with van der Waals surface area (Å²) in [6.45, 7) is 0.193. The van der Waals surface area contributed by atoms with Crippen LogP contribution in [-0.4, -0.2) is 78.7 Å². The van der Waals surface area contributed by atoms with Gasteiger partial charge in [0.15, 0.2) is 11.5 Å². The lowest BCUT2D eigenvalue weighted by molar-refractivity contribution is -0.139. The highest BCUT2D eigenvalue weighted by atomic mass is 16.7. The number of nitrogens with one attached hydrogen (secondary N) is 2. The molecule has 0 saturated carbocycles. The molecule has 2 atom stereocenters. The van der Waals surface area contributed by atoms with Crippen molar-refractivity contribution in [1.82, 2.24) is 10.6 Å². The maximum absolute atomic E-state index is 13.7. The van der Waals surface area contributed by atoms with E-state index in [1.807, 2.05) is 0 Å². The first-order valence-electron chi connectivity index (χ1n) is 12.0. The number of rotatable bonds is 9. The zero-order valence-corrected chi connectivity index (χ0v) is 21.1. The fourth-order valence-corrected chi connectivity index (χ4v) is 4.27. The average molecular weight is 552 g/mol. The smallest absolute Gasteiger partial charge is 0.305 e. The topological polar surface area (TPSA) is 189 Å². The monoisotopic (exact) mass is 552 g/mol. The number of Topliss-reactive ketones (excluding diaryl/α,β-unsaturated/α-hetero) is 1. The zero-order valence-electron chi connectivity index (χ0n) is 21.1. The van der Waals surface area contributed by atoms with Crippen molar-refractivity contribution in [3.8, 4) is 11.5 Å². The fourth-order valence-electron chi connectivity index (χ4n) is 4.27. The molecule has 208 valence electrons. The number of hydrogen-bond acceptors (Lipinski definition) is 9. The van der Waals surface area contributed by atoms with E-state index in [2.05, 4.69) is 10.6 Å². The van der Waals surface area contributed by atoms with Crippen molar-refractivity contribution in [2.24, 2.45) is 0 Å². The first-order chi connectivity index (χ1) is 19.1. The lowest BCUT2D eigenvalue weighted by Gasteiger charge is -2.25. The highest BCUT2D eigenvalue weighted by molar-refractivity contribution is 6.43. The fraction of sp³-hybridized carbons (Fsp3) is 0.269. The van der Waals surface area contributed by atoms with E-state index in [1.54, 1.807) is 12.1 Å². The number of carboxylic acid groups (broad SMARTS) is 1. The summed E-state index contributed by atoms with van der Waals surface area (Å²) in [6, 6.07) is 7.55. The molecule has 0 saturated heterocycles. The summed E-state index contributed by atoms with van der Waals surface area (Å²) in [5.41, 5.74) is 0.383. The van der Waals surface area contributed by atoms with Crippen molar-refractivity contribution >= 4 is 53.0 Å². The van der Waals surface area contributed by atoms with E-state index in [0.29, 0.717) is 5.75 Å². The third-order valence-electron chi connectivity index (χ3n) is 6.13. The van der Waals surface area contributed by atoms with E-state index in [0.717, 1.165) is 4.90 Å². The Labute approximate surface area is 226 Å². The van der Waals surface area contributed by atoms with E-state index >= 15 is 0 Å². The van der Waals surface area contributed by atoms with Gasteiger partial charge in [-0.1, -0.05) is 12.1 Å². The van der Waals surface area contributed by atoms with Crippen LogP contribution in [-0.2, 0) is 28.8 Å². The Kier molecular flexibility index (Phi) is 8.07. The Morgan fingerprint density at radius 3 is 2.45 bits per heavy atom. The first-order valence-corrected chi connectivity index (χ1v) is 12.0. The van der Waals surface area contributed by atoms with Crippen LogP contribution in [0.5, 0.6) is 11.5 Å². The van der Waals surface area contributed by atoms with E-state index in [4.69, 9.17) is 14.6 Å². The predicted molar refractivity (Wildman–Crippen MR) is 136 cm³/mol. The highest BCUT2D eigenvalue weighted by Crippen LogP contribution is 2.34. The molecule has 0 radical (unpaired) electrons. The minimum atomic E-state index is -1.45.